The van der Waals surface area contributed by atoms with Crippen molar-refractivity contribution < 1.29 is 4.79 Å². The first-order chi connectivity index (χ1) is 8.25. The first-order valence-electron chi connectivity index (χ1n) is 5.89. The molecule has 1 amide bonds. The van der Waals surface area contributed by atoms with E-state index in [9.17, 15) is 4.79 Å². The van der Waals surface area contributed by atoms with Crippen LogP contribution in [0.5, 0.6) is 0 Å². The van der Waals surface area contributed by atoms with Crippen molar-refractivity contribution in [1.29, 1.82) is 0 Å². The number of hydrogen-bond acceptors (Lipinski definition) is 3. The molecule has 2 heterocycles. The lowest BCUT2D eigenvalue weighted by Gasteiger charge is -2.10. The quantitative estimate of drug-likeness (QED) is 0.857. The van der Waals surface area contributed by atoms with Crippen molar-refractivity contribution in [3.05, 3.63) is 29.0 Å². The van der Waals surface area contributed by atoms with E-state index < -0.39 is 0 Å². The maximum Gasteiger partial charge on any atom is 0.269 e. The molecule has 0 bridgehead atoms. The highest BCUT2D eigenvalue weighted by Gasteiger charge is 2.14. The minimum Gasteiger partial charge on any atom is -0.351 e. The Hall–Kier alpha value is -1.13. The third kappa shape index (κ3) is 3.68. The van der Waals surface area contributed by atoms with E-state index in [2.05, 4.69) is 15.6 Å². The number of nitrogens with zero attached hydrogens (tertiary/aromatic N) is 1. The second-order valence-electron chi connectivity index (χ2n) is 4.20. The van der Waals surface area contributed by atoms with Crippen molar-refractivity contribution in [2.75, 3.05) is 13.1 Å². The Balaban J connectivity index is 1.75. The van der Waals surface area contributed by atoms with Crippen LogP contribution < -0.4 is 10.6 Å². The fourth-order valence-corrected chi connectivity index (χ4v) is 2.08. The van der Waals surface area contributed by atoms with Gasteiger partial charge in [0.05, 0.1) is 5.02 Å². The van der Waals surface area contributed by atoms with Crippen molar-refractivity contribution in [2.45, 2.75) is 25.3 Å². The van der Waals surface area contributed by atoms with Gasteiger partial charge in [-0.05, 0) is 37.9 Å². The molecule has 1 aromatic heterocycles. The van der Waals surface area contributed by atoms with Crippen molar-refractivity contribution in [3.8, 4) is 0 Å². The van der Waals surface area contributed by atoms with E-state index in [0.29, 0.717) is 23.3 Å². The van der Waals surface area contributed by atoms with Crippen molar-refractivity contribution in [1.82, 2.24) is 15.6 Å². The third-order valence-electron chi connectivity index (χ3n) is 2.90. The predicted molar refractivity (Wildman–Crippen MR) is 67.2 cm³/mol. The van der Waals surface area contributed by atoms with Crippen LogP contribution in [0.3, 0.4) is 0 Å². The second-order valence-corrected chi connectivity index (χ2v) is 4.64. The van der Waals surface area contributed by atoms with Crippen molar-refractivity contribution in [3.63, 3.8) is 0 Å². The van der Waals surface area contributed by atoms with Gasteiger partial charge < -0.3 is 10.6 Å². The Morgan fingerprint density at radius 3 is 3.12 bits per heavy atom. The van der Waals surface area contributed by atoms with Crippen molar-refractivity contribution >= 4 is 17.5 Å². The average Bonchev–Trinajstić information content (AvgIpc) is 2.83. The summed E-state index contributed by atoms with van der Waals surface area (Å²) in [5, 5.41) is 6.79. The molecule has 1 aliphatic rings. The van der Waals surface area contributed by atoms with E-state index in [4.69, 9.17) is 11.6 Å². The second kappa shape index (κ2) is 5.98. The zero-order chi connectivity index (χ0) is 12.1. The summed E-state index contributed by atoms with van der Waals surface area (Å²) in [7, 11) is 0. The SMILES string of the molecule is O=C(NCCC1CCCN1)c1ccc(Cl)cn1. The van der Waals surface area contributed by atoms with Gasteiger partial charge in [-0.25, -0.2) is 4.98 Å². The van der Waals surface area contributed by atoms with Crippen LogP contribution in [0.15, 0.2) is 18.3 Å². The largest absolute Gasteiger partial charge is 0.351 e. The van der Waals surface area contributed by atoms with E-state index in [1.54, 1.807) is 12.1 Å². The van der Waals surface area contributed by atoms with E-state index in [-0.39, 0.29) is 5.91 Å². The van der Waals surface area contributed by atoms with Gasteiger partial charge in [-0.2, -0.15) is 0 Å². The standard InChI is InChI=1S/C12H16ClN3O/c13-9-3-4-11(16-8-9)12(17)15-7-5-10-2-1-6-14-10/h3-4,8,10,14H,1-2,5-7H2,(H,15,17). The van der Waals surface area contributed by atoms with Gasteiger partial charge in [0.25, 0.3) is 5.91 Å². The Labute approximate surface area is 106 Å². The summed E-state index contributed by atoms with van der Waals surface area (Å²) in [6, 6.07) is 3.85. The minimum atomic E-state index is -0.139. The van der Waals surface area contributed by atoms with Crippen LogP contribution in [0.2, 0.25) is 5.02 Å². The summed E-state index contributed by atoms with van der Waals surface area (Å²) in [4.78, 5) is 15.7. The smallest absolute Gasteiger partial charge is 0.269 e. The summed E-state index contributed by atoms with van der Waals surface area (Å²) >= 11 is 5.70. The number of halogens is 1. The molecule has 2 N–H and O–H groups in total. The van der Waals surface area contributed by atoms with Gasteiger partial charge in [-0.3, -0.25) is 4.79 Å². The molecule has 1 unspecified atom stereocenters. The zero-order valence-corrected chi connectivity index (χ0v) is 10.3. The van der Waals surface area contributed by atoms with E-state index in [1.165, 1.54) is 19.0 Å². The van der Waals surface area contributed by atoms with Gasteiger partial charge in [-0.1, -0.05) is 11.6 Å². The first-order valence-corrected chi connectivity index (χ1v) is 6.26. The number of pyridine rings is 1. The topological polar surface area (TPSA) is 54.0 Å². The van der Waals surface area contributed by atoms with Crippen LogP contribution in [0.25, 0.3) is 0 Å². The molecule has 1 aliphatic heterocycles. The highest BCUT2D eigenvalue weighted by atomic mass is 35.5. The van der Waals surface area contributed by atoms with Gasteiger partial charge in [0.2, 0.25) is 0 Å². The molecule has 0 spiro atoms. The maximum absolute atomic E-state index is 11.7. The summed E-state index contributed by atoms with van der Waals surface area (Å²) in [6.45, 7) is 1.78. The minimum absolute atomic E-state index is 0.139. The molecule has 0 aromatic carbocycles. The van der Waals surface area contributed by atoms with E-state index >= 15 is 0 Å². The third-order valence-corrected chi connectivity index (χ3v) is 3.12. The highest BCUT2D eigenvalue weighted by molar-refractivity contribution is 6.30. The molecule has 17 heavy (non-hydrogen) atoms. The maximum atomic E-state index is 11.7. The summed E-state index contributed by atoms with van der Waals surface area (Å²) < 4.78 is 0. The van der Waals surface area contributed by atoms with Gasteiger partial charge in [0.1, 0.15) is 5.69 Å². The normalized spacial score (nSPS) is 19.2. The van der Waals surface area contributed by atoms with Crippen LogP contribution in [0, 0.1) is 0 Å². The molecular formula is C12H16ClN3O. The average molecular weight is 254 g/mol. The molecule has 0 saturated carbocycles. The van der Waals surface area contributed by atoms with E-state index in [1.807, 2.05) is 0 Å². The lowest BCUT2D eigenvalue weighted by atomic mass is 10.1. The van der Waals surface area contributed by atoms with E-state index in [0.717, 1.165) is 13.0 Å². The summed E-state index contributed by atoms with van der Waals surface area (Å²) in [5.74, 6) is -0.139. The fourth-order valence-electron chi connectivity index (χ4n) is 1.96. The number of aromatic nitrogens is 1. The molecule has 1 atom stereocenters. The number of nitrogens with one attached hydrogen (secondary N) is 2. The summed E-state index contributed by atoms with van der Waals surface area (Å²) in [6.07, 6.45) is 4.89. The molecule has 1 aromatic rings. The van der Waals surface area contributed by atoms with Crippen molar-refractivity contribution in [2.24, 2.45) is 0 Å². The Bertz CT molecular complexity index is 374. The van der Waals surface area contributed by atoms with Crippen LogP contribution >= 0.6 is 11.6 Å². The number of carbonyl (C=O) groups is 1. The van der Waals surface area contributed by atoms with Gasteiger partial charge >= 0.3 is 0 Å². The summed E-state index contributed by atoms with van der Waals surface area (Å²) in [5.41, 5.74) is 0.411. The number of carbonyl (C=O) groups excluding carboxylic acids is 1. The Morgan fingerprint density at radius 2 is 2.47 bits per heavy atom. The first kappa shape index (κ1) is 12.3. The number of amides is 1. The fraction of sp³-hybridized carbons (Fsp3) is 0.500. The molecule has 1 saturated heterocycles. The van der Waals surface area contributed by atoms with Gasteiger partial charge in [0.15, 0.2) is 0 Å². The number of rotatable bonds is 4. The molecular weight excluding hydrogens is 238 g/mol. The van der Waals surface area contributed by atoms with Gasteiger partial charge in [0, 0.05) is 18.8 Å². The highest BCUT2D eigenvalue weighted by Crippen LogP contribution is 2.08. The lowest BCUT2D eigenvalue weighted by molar-refractivity contribution is 0.0947. The van der Waals surface area contributed by atoms with Crippen LogP contribution in [0.4, 0.5) is 0 Å². The molecule has 0 aliphatic carbocycles. The monoisotopic (exact) mass is 253 g/mol. The van der Waals surface area contributed by atoms with Crippen LogP contribution in [-0.2, 0) is 0 Å². The Kier molecular flexibility index (Phi) is 4.34. The molecule has 5 heteroatoms. The Morgan fingerprint density at radius 1 is 1.59 bits per heavy atom. The molecule has 0 radical (unpaired) electrons. The van der Waals surface area contributed by atoms with Crippen LogP contribution in [-0.4, -0.2) is 30.0 Å². The molecule has 92 valence electrons. The molecule has 2 rings (SSSR count). The molecule has 4 nitrogen and oxygen atoms in total. The predicted octanol–water partition coefficient (Wildman–Crippen LogP) is 1.61. The lowest BCUT2D eigenvalue weighted by Crippen LogP contribution is -2.30. The number of hydrogen-bond donors (Lipinski definition) is 2. The molecule has 1 fully saturated rings. The van der Waals surface area contributed by atoms with Gasteiger partial charge in [-0.15, -0.1) is 0 Å². The zero-order valence-electron chi connectivity index (χ0n) is 9.58. The van der Waals surface area contributed by atoms with Crippen LogP contribution in [0.1, 0.15) is 29.8 Å².